The lowest BCUT2D eigenvalue weighted by Gasteiger charge is -2.19. The first-order chi connectivity index (χ1) is 16.1. The van der Waals surface area contributed by atoms with Crippen LogP contribution in [0.4, 0.5) is 10.5 Å². The van der Waals surface area contributed by atoms with E-state index < -0.39 is 12.1 Å². The minimum Gasteiger partial charge on any atom is -0.466 e. The zero-order chi connectivity index (χ0) is 23.2. The molecular formula is C25H23ClN4O3. The van der Waals surface area contributed by atoms with Crippen LogP contribution >= 0.6 is 11.6 Å². The monoisotopic (exact) mass is 462 g/mol. The molecule has 0 bridgehead atoms. The number of aromatic amines is 1. The molecule has 0 radical (unpaired) electrons. The Kier molecular flexibility index (Phi) is 6.90. The largest absolute Gasteiger partial charge is 0.466 e. The van der Waals surface area contributed by atoms with Gasteiger partial charge in [-0.25, -0.2) is 4.79 Å². The Bertz CT molecular complexity index is 1260. The summed E-state index contributed by atoms with van der Waals surface area (Å²) in [6.45, 7) is 2.02. The van der Waals surface area contributed by atoms with Crippen molar-refractivity contribution in [2.45, 2.75) is 19.4 Å². The highest BCUT2D eigenvalue weighted by atomic mass is 35.5. The maximum Gasteiger partial charge on any atom is 0.319 e. The SMILES string of the molecule is CCOC(=O)CC(NC(=O)Nc1c(-c2ccncc2)[nH]c2c(Cl)cccc12)c1ccccc1. The minimum atomic E-state index is -0.552. The molecule has 2 aromatic heterocycles. The van der Waals surface area contributed by atoms with Crippen LogP contribution in [0.15, 0.2) is 73.1 Å². The van der Waals surface area contributed by atoms with Crippen molar-refractivity contribution >= 4 is 40.2 Å². The zero-order valence-electron chi connectivity index (χ0n) is 18.0. The first kappa shape index (κ1) is 22.4. The maximum atomic E-state index is 13.1. The molecule has 2 amide bonds. The number of halogens is 1. The lowest BCUT2D eigenvalue weighted by Crippen LogP contribution is -2.34. The number of pyridine rings is 1. The highest BCUT2D eigenvalue weighted by Crippen LogP contribution is 2.37. The summed E-state index contributed by atoms with van der Waals surface area (Å²) in [5, 5.41) is 7.17. The molecule has 0 aliphatic carbocycles. The molecule has 1 unspecified atom stereocenters. The van der Waals surface area contributed by atoms with Crippen LogP contribution in [-0.4, -0.2) is 28.6 Å². The van der Waals surface area contributed by atoms with Gasteiger partial charge in [0.2, 0.25) is 0 Å². The van der Waals surface area contributed by atoms with E-state index in [4.69, 9.17) is 16.3 Å². The number of nitrogens with zero attached hydrogens (tertiary/aromatic N) is 1. The van der Waals surface area contributed by atoms with Crippen LogP contribution < -0.4 is 10.6 Å². The first-order valence-corrected chi connectivity index (χ1v) is 10.9. The predicted molar refractivity (Wildman–Crippen MR) is 129 cm³/mol. The Labute approximate surface area is 196 Å². The number of H-pyrrole nitrogens is 1. The van der Waals surface area contributed by atoms with E-state index >= 15 is 0 Å². The van der Waals surface area contributed by atoms with Gasteiger partial charge in [0, 0.05) is 23.3 Å². The average molecular weight is 463 g/mol. The maximum absolute atomic E-state index is 13.1. The molecule has 2 heterocycles. The number of nitrogens with one attached hydrogen (secondary N) is 3. The molecular weight excluding hydrogens is 440 g/mol. The number of aromatic nitrogens is 2. The van der Waals surface area contributed by atoms with E-state index in [1.54, 1.807) is 25.4 Å². The van der Waals surface area contributed by atoms with E-state index in [9.17, 15) is 9.59 Å². The third kappa shape index (κ3) is 5.15. The van der Waals surface area contributed by atoms with E-state index in [2.05, 4.69) is 20.6 Å². The summed E-state index contributed by atoms with van der Waals surface area (Å²) in [4.78, 5) is 32.6. The molecule has 7 nitrogen and oxygen atoms in total. The van der Waals surface area contributed by atoms with Crippen LogP contribution in [0.1, 0.15) is 24.9 Å². The molecule has 2 aromatic carbocycles. The van der Waals surface area contributed by atoms with Gasteiger partial charge in [-0.1, -0.05) is 54.1 Å². The Hall–Kier alpha value is -3.84. The lowest BCUT2D eigenvalue weighted by atomic mass is 10.0. The van der Waals surface area contributed by atoms with Crippen molar-refractivity contribution < 1.29 is 14.3 Å². The fourth-order valence-corrected chi connectivity index (χ4v) is 3.90. The third-order valence-corrected chi connectivity index (χ3v) is 5.49. The third-order valence-electron chi connectivity index (χ3n) is 5.17. The van der Waals surface area contributed by atoms with Crippen LogP contribution in [0, 0.1) is 0 Å². The van der Waals surface area contributed by atoms with Gasteiger partial charge in [0.1, 0.15) is 0 Å². The Balaban J connectivity index is 1.65. The number of benzene rings is 2. The molecule has 4 aromatic rings. The number of ether oxygens (including phenoxy) is 1. The number of anilines is 1. The number of rotatable bonds is 7. The van der Waals surface area contributed by atoms with Gasteiger partial charge in [0.05, 0.1) is 41.0 Å². The fraction of sp³-hybridized carbons (Fsp3) is 0.160. The Morgan fingerprint density at radius 3 is 2.55 bits per heavy atom. The van der Waals surface area contributed by atoms with E-state index in [0.29, 0.717) is 21.9 Å². The van der Waals surface area contributed by atoms with Crippen molar-refractivity contribution in [3.63, 3.8) is 0 Å². The number of hydrogen-bond acceptors (Lipinski definition) is 4. The summed E-state index contributed by atoms with van der Waals surface area (Å²) in [7, 11) is 0. The normalized spacial score (nSPS) is 11.7. The highest BCUT2D eigenvalue weighted by Gasteiger charge is 2.22. The van der Waals surface area contributed by atoms with Gasteiger partial charge in [0.15, 0.2) is 0 Å². The van der Waals surface area contributed by atoms with Crippen molar-refractivity contribution in [3.8, 4) is 11.3 Å². The van der Waals surface area contributed by atoms with Crippen LogP contribution in [0.3, 0.4) is 0 Å². The molecule has 168 valence electrons. The van der Waals surface area contributed by atoms with E-state index in [0.717, 1.165) is 16.5 Å². The molecule has 0 fully saturated rings. The lowest BCUT2D eigenvalue weighted by molar-refractivity contribution is -0.143. The van der Waals surface area contributed by atoms with Crippen molar-refractivity contribution in [2.24, 2.45) is 0 Å². The van der Waals surface area contributed by atoms with Crippen molar-refractivity contribution in [2.75, 3.05) is 11.9 Å². The molecule has 0 saturated heterocycles. The average Bonchev–Trinajstić information content (AvgIpc) is 3.19. The van der Waals surface area contributed by atoms with E-state index in [1.807, 2.05) is 54.6 Å². The van der Waals surface area contributed by atoms with E-state index in [1.165, 1.54) is 0 Å². The van der Waals surface area contributed by atoms with Crippen molar-refractivity contribution in [3.05, 3.63) is 83.6 Å². The molecule has 0 saturated carbocycles. The summed E-state index contributed by atoms with van der Waals surface area (Å²) in [5.41, 5.74) is 3.65. The first-order valence-electron chi connectivity index (χ1n) is 10.6. The molecule has 4 rings (SSSR count). The summed E-state index contributed by atoms with van der Waals surface area (Å²) >= 11 is 6.39. The van der Waals surface area contributed by atoms with Crippen LogP contribution in [0.5, 0.6) is 0 Å². The second-order valence-corrected chi connectivity index (χ2v) is 7.75. The van der Waals surface area contributed by atoms with Crippen molar-refractivity contribution in [1.29, 1.82) is 0 Å². The number of hydrogen-bond donors (Lipinski definition) is 3. The molecule has 0 aliphatic rings. The van der Waals surface area contributed by atoms with Crippen LogP contribution in [0.2, 0.25) is 5.02 Å². The standard InChI is InChI=1S/C25H23ClN4O3/c1-2-33-21(31)15-20(16-7-4-3-5-8-16)28-25(32)30-24-18-9-6-10-19(26)23(18)29-22(24)17-11-13-27-14-12-17/h3-14,20,29H,2,15H2,1H3,(H2,28,30,32). The second-order valence-electron chi connectivity index (χ2n) is 7.34. The number of carbonyl (C=O) groups excluding carboxylic acids is 2. The molecule has 0 aliphatic heterocycles. The summed E-state index contributed by atoms with van der Waals surface area (Å²) < 4.78 is 5.09. The minimum absolute atomic E-state index is 0.0161. The Morgan fingerprint density at radius 2 is 1.82 bits per heavy atom. The summed E-state index contributed by atoms with van der Waals surface area (Å²) in [6.07, 6.45) is 3.37. The van der Waals surface area contributed by atoms with Gasteiger partial charge in [0.25, 0.3) is 0 Å². The van der Waals surface area contributed by atoms with Gasteiger partial charge >= 0.3 is 12.0 Å². The van der Waals surface area contributed by atoms with Crippen LogP contribution in [0.25, 0.3) is 22.2 Å². The number of para-hydroxylation sites is 1. The zero-order valence-corrected chi connectivity index (χ0v) is 18.7. The summed E-state index contributed by atoms with van der Waals surface area (Å²) in [6, 6.07) is 17.5. The molecule has 8 heteroatoms. The van der Waals surface area contributed by atoms with Gasteiger partial charge in [-0.2, -0.15) is 0 Å². The summed E-state index contributed by atoms with van der Waals surface area (Å²) in [5.74, 6) is -0.386. The quantitative estimate of drug-likeness (QED) is 0.307. The molecule has 0 spiro atoms. The van der Waals surface area contributed by atoms with Crippen molar-refractivity contribution in [1.82, 2.24) is 15.3 Å². The topological polar surface area (TPSA) is 96.1 Å². The number of amides is 2. The second kappa shape index (κ2) is 10.2. The Morgan fingerprint density at radius 1 is 1.06 bits per heavy atom. The van der Waals surface area contributed by atoms with Gasteiger partial charge < -0.3 is 20.4 Å². The highest BCUT2D eigenvalue weighted by molar-refractivity contribution is 6.36. The fourth-order valence-electron chi connectivity index (χ4n) is 3.68. The number of carbonyl (C=O) groups is 2. The molecule has 3 N–H and O–H groups in total. The number of fused-ring (bicyclic) bond motifs is 1. The number of urea groups is 1. The van der Waals surface area contributed by atoms with Gasteiger partial charge in [-0.3, -0.25) is 9.78 Å². The smallest absolute Gasteiger partial charge is 0.319 e. The number of esters is 1. The van der Waals surface area contributed by atoms with Gasteiger partial charge in [-0.05, 0) is 30.7 Å². The van der Waals surface area contributed by atoms with Crippen LogP contribution in [-0.2, 0) is 9.53 Å². The predicted octanol–water partition coefficient (Wildman–Crippen LogP) is 5.70. The van der Waals surface area contributed by atoms with E-state index in [-0.39, 0.29) is 19.0 Å². The van der Waals surface area contributed by atoms with Gasteiger partial charge in [-0.15, -0.1) is 0 Å². The molecule has 33 heavy (non-hydrogen) atoms. The molecule has 1 atom stereocenters.